The van der Waals surface area contributed by atoms with Crippen molar-refractivity contribution >= 4 is 27.7 Å². The molecule has 0 aliphatic rings. The van der Waals surface area contributed by atoms with Gasteiger partial charge in [0.15, 0.2) is 0 Å². The Morgan fingerprint density at radius 3 is 2.32 bits per heavy atom. The van der Waals surface area contributed by atoms with Crippen molar-refractivity contribution < 1.29 is 17.9 Å². The zero-order chi connectivity index (χ0) is 18.3. The predicted octanol–water partition coefficient (Wildman–Crippen LogP) is 2.77. The molecule has 25 heavy (non-hydrogen) atoms. The van der Waals surface area contributed by atoms with Crippen molar-refractivity contribution in [1.82, 2.24) is 0 Å². The van der Waals surface area contributed by atoms with Gasteiger partial charge in [-0.2, -0.15) is 0 Å². The number of rotatable bonds is 7. The van der Waals surface area contributed by atoms with Gasteiger partial charge in [0.05, 0.1) is 11.5 Å². The van der Waals surface area contributed by atoms with Gasteiger partial charge >= 0.3 is 0 Å². The number of carbonyl (C=O) groups is 1. The fourth-order valence-corrected chi connectivity index (χ4v) is 2.49. The highest BCUT2D eigenvalue weighted by Crippen LogP contribution is 2.15. The molecule has 0 radical (unpaired) electrons. The fraction of sp³-hybridized carbons (Fsp3) is 0.167. The Bertz CT molecular complexity index is 842. The highest BCUT2D eigenvalue weighted by atomic mass is 32.2. The van der Waals surface area contributed by atoms with Gasteiger partial charge in [-0.15, -0.1) is 0 Å². The van der Waals surface area contributed by atoms with Crippen molar-refractivity contribution in [3.8, 4) is 5.75 Å². The molecule has 0 atom stereocenters. The van der Waals surface area contributed by atoms with E-state index in [1.807, 2.05) is 31.2 Å². The molecule has 7 heteroatoms. The Balaban J connectivity index is 1.94. The molecule has 3 N–H and O–H groups in total. The lowest BCUT2D eigenvalue weighted by atomic mass is 10.2. The van der Waals surface area contributed by atoms with E-state index >= 15 is 0 Å². The second kappa shape index (κ2) is 8.46. The van der Waals surface area contributed by atoms with Crippen LogP contribution in [0, 0.1) is 0 Å². The number of anilines is 1. The summed E-state index contributed by atoms with van der Waals surface area (Å²) in [4.78, 5) is 11.9. The third-order valence-corrected chi connectivity index (χ3v) is 4.16. The van der Waals surface area contributed by atoms with E-state index in [2.05, 4.69) is 5.32 Å². The summed E-state index contributed by atoms with van der Waals surface area (Å²) < 4.78 is 27.8. The largest absolute Gasteiger partial charge is 0.494 e. The van der Waals surface area contributed by atoms with Crippen molar-refractivity contribution in [3.63, 3.8) is 0 Å². The summed E-state index contributed by atoms with van der Waals surface area (Å²) in [5.41, 5.74) is 1.34. The molecule has 132 valence electrons. The number of primary sulfonamides is 1. The Morgan fingerprint density at radius 1 is 1.12 bits per heavy atom. The van der Waals surface area contributed by atoms with Gasteiger partial charge in [0.25, 0.3) is 0 Å². The summed E-state index contributed by atoms with van der Waals surface area (Å²) in [6, 6.07) is 13.0. The van der Waals surface area contributed by atoms with Gasteiger partial charge in [-0.25, -0.2) is 13.6 Å². The molecule has 0 fully saturated rings. The van der Waals surface area contributed by atoms with E-state index in [4.69, 9.17) is 9.88 Å². The van der Waals surface area contributed by atoms with Crippen molar-refractivity contribution in [2.75, 3.05) is 11.9 Å². The fourth-order valence-electron chi connectivity index (χ4n) is 1.98. The van der Waals surface area contributed by atoms with Gasteiger partial charge in [-0.05, 0) is 54.5 Å². The lowest BCUT2D eigenvalue weighted by molar-refractivity contribution is -0.111. The molecule has 2 aromatic carbocycles. The van der Waals surface area contributed by atoms with Crippen LogP contribution in [-0.2, 0) is 14.8 Å². The van der Waals surface area contributed by atoms with E-state index < -0.39 is 10.0 Å². The standard InChI is InChI=1S/C18H20N2O4S/c1-2-13-24-16-8-3-14(4-9-16)5-12-18(21)20-15-6-10-17(11-7-15)25(19,22)23/h3-12H,2,13H2,1H3,(H,20,21)(H2,19,22,23). The molecule has 0 bridgehead atoms. The van der Waals surface area contributed by atoms with Crippen LogP contribution in [0.3, 0.4) is 0 Å². The van der Waals surface area contributed by atoms with Crippen LogP contribution in [0.5, 0.6) is 5.75 Å². The molecule has 6 nitrogen and oxygen atoms in total. The van der Waals surface area contributed by atoms with Crippen LogP contribution in [-0.4, -0.2) is 20.9 Å². The van der Waals surface area contributed by atoms with Gasteiger partial charge in [-0.1, -0.05) is 19.1 Å². The summed E-state index contributed by atoms with van der Waals surface area (Å²) >= 11 is 0. The van der Waals surface area contributed by atoms with Gasteiger partial charge in [-0.3, -0.25) is 4.79 Å². The number of amides is 1. The van der Waals surface area contributed by atoms with Gasteiger partial charge in [0.1, 0.15) is 5.75 Å². The number of sulfonamides is 1. The normalized spacial score (nSPS) is 11.4. The monoisotopic (exact) mass is 360 g/mol. The molecular weight excluding hydrogens is 340 g/mol. The number of hydrogen-bond acceptors (Lipinski definition) is 4. The molecule has 0 aromatic heterocycles. The van der Waals surface area contributed by atoms with Gasteiger partial charge < -0.3 is 10.1 Å². The van der Waals surface area contributed by atoms with Gasteiger partial charge in [0, 0.05) is 11.8 Å². The average Bonchev–Trinajstić information content (AvgIpc) is 2.59. The zero-order valence-corrected chi connectivity index (χ0v) is 14.6. The van der Waals surface area contributed by atoms with Crippen LogP contribution in [0.15, 0.2) is 59.5 Å². The number of carbonyl (C=O) groups excluding carboxylic acids is 1. The molecule has 0 unspecified atom stereocenters. The Kier molecular flexibility index (Phi) is 6.32. The van der Waals surface area contributed by atoms with Crippen LogP contribution in [0.2, 0.25) is 0 Å². The van der Waals surface area contributed by atoms with Crippen LogP contribution >= 0.6 is 0 Å². The first-order valence-electron chi connectivity index (χ1n) is 7.73. The molecule has 2 rings (SSSR count). The van der Waals surface area contributed by atoms with E-state index in [0.29, 0.717) is 12.3 Å². The molecular formula is C18H20N2O4S. The molecule has 1 amide bonds. The number of nitrogens with two attached hydrogens (primary N) is 1. The maximum Gasteiger partial charge on any atom is 0.248 e. The lowest BCUT2D eigenvalue weighted by Gasteiger charge is -2.04. The van der Waals surface area contributed by atoms with Crippen LogP contribution in [0.1, 0.15) is 18.9 Å². The summed E-state index contributed by atoms with van der Waals surface area (Å²) in [6.45, 7) is 2.71. The lowest BCUT2D eigenvalue weighted by Crippen LogP contribution is -2.12. The third kappa shape index (κ3) is 6.06. The van der Waals surface area contributed by atoms with Crippen molar-refractivity contribution in [2.45, 2.75) is 18.2 Å². The van der Waals surface area contributed by atoms with Crippen molar-refractivity contribution in [2.24, 2.45) is 5.14 Å². The molecule has 0 saturated carbocycles. The van der Waals surface area contributed by atoms with E-state index in [0.717, 1.165) is 17.7 Å². The highest BCUT2D eigenvalue weighted by Gasteiger charge is 2.07. The van der Waals surface area contributed by atoms with Crippen LogP contribution in [0.4, 0.5) is 5.69 Å². The smallest absolute Gasteiger partial charge is 0.248 e. The highest BCUT2D eigenvalue weighted by molar-refractivity contribution is 7.89. The Hall–Kier alpha value is -2.64. The maximum atomic E-state index is 11.9. The minimum absolute atomic E-state index is 0.00794. The SMILES string of the molecule is CCCOc1ccc(C=CC(=O)Nc2ccc(S(N)(=O)=O)cc2)cc1. The topological polar surface area (TPSA) is 98.5 Å². The first kappa shape index (κ1) is 18.7. The molecule has 2 aromatic rings. The minimum Gasteiger partial charge on any atom is -0.494 e. The summed E-state index contributed by atoms with van der Waals surface area (Å²) in [5.74, 6) is 0.466. The second-order valence-corrected chi connectivity index (χ2v) is 6.87. The Labute approximate surface area is 147 Å². The molecule has 0 heterocycles. The summed E-state index contributed by atoms with van der Waals surface area (Å²) in [5, 5.41) is 7.67. The molecule has 0 saturated heterocycles. The van der Waals surface area contributed by atoms with Crippen LogP contribution in [0.25, 0.3) is 6.08 Å². The molecule has 0 spiro atoms. The van der Waals surface area contributed by atoms with E-state index in [1.165, 1.54) is 30.3 Å². The Morgan fingerprint density at radius 2 is 1.76 bits per heavy atom. The summed E-state index contributed by atoms with van der Waals surface area (Å²) in [7, 11) is -3.74. The molecule has 0 aliphatic carbocycles. The minimum atomic E-state index is -3.74. The quantitative estimate of drug-likeness (QED) is 0.742. The first-order valence-corrected chi connectivity index (χ1v) is 9.28. The number of nitrogens with one attached hydrogen (secondary N) is 1. The van der Waals surface area contributed by atoms with E-state index in [-0.39, 0.29) is 10.8 Å². The van der Waals surface area contributed by atoms with E-state index in [9.17, 15) is 13.2 Å². The van der Waals surface area contributed by atoms with Crippen molar-refractivity contribution in [1.29, 1.82) is 0 Å². The predicted molar refractivity (Wildman–Crippen MR) is 97.7 cm³/mol. The molecule has 0 aliphatic heterocycles. The maximum absolute atomic E-state index is 11.9. The van der Waals surface area contributed by atoms with E-state index in [1.54, 1.807) is 6.08 Å². The summed E-state index contributed by atoms with van der Waals surface area (Å²) in [6.07, 6.45) is 4.02. The van der Waals surface area contributed by atoms with Crippen molar-refractivity contribution in [3.05, 3.63) is 60.2 Å². The van der Waals surface area contributed by atoms with Crippen LogP contribution < -0.4 is 15.2 Å². The van der Waals surface area contributed by atoms with Gasteiger partial charge in [0.2, 0.25) is 15.9 Å². The number of ether oxygens (including phenoxy) is 1. The zero-order valence-electron chi connectivity index (χ0n) is 13.8. The third-order valence-electron chi connectivity index (χ3n) is 3.23. The second-order valence-electron chi connectivity index (χ2n) is 5.31. The number of hydrogen-bond donors (Lipinski definition) is 2. The first-order chi connectivity index (χ1) is 11.9. The average molecular weight is 360 g/mol. The number of benzene rings is 2.